The lowest BCUT2D eigenvalue weighted by atomic mass is 9.94. The number of hydrogen-bond donors (Lipinski definition) is 2. The maximum atomic E-state index is 12.1. The van der Waals surface area contributed by atoms with E-state index >= 15 is 0 Å². The molecule has 0 aliphatic carbocycles. The first-order valence-electron chi connectivity index (χ1n) is 11.2. The van der Waals surface area contributed by atoms with Crippen molar-refractivity contribution in [3.63, 3.8) is 0 Å². The third-order valence-corrected chi connectivity index (χ3v) is 8.14. The van der Waals surface area contributed by atoms with Gasteiger partial charge in [-0.3, -0.25) is 19.2 Å². The topological polar surface area (TPSA) is 117 Å². The molecule has 12 heteroatoms. The van der Waals surface area contributed by atoms with Crippen LogP contribution in [0.2, 0.25) is 0 Å². The molecule has 1 heterocycles. The molecule has 1 N–H and O–H groups in total. The van der Waals surface area contributed by atoms with Crippen LogP contribution in [0.25, 0.3) is 0 Å². The van der Waals surface area contributed by atoms with Gasteiger partial charge in [0.05, 0.1) is 6.26 Å². The predicted molar refractivity (Wildman–Crippen MR) is 137 cm³/mol. The first-order chi connectivity index (χ1) is 16.0. The molecule has 0 spiro atoms. The molecule has 196 valence electrons. The van der Waals surface area contributed by atoms with Crippen molar-refractivity contribution in [2.45, 2.75) is 82.9 Å². The van der Waals surface area contributed by atoms with Crippen LogP contribution in [-0.4, -0.2) is 89.5 Å². The lowest BCUT2D eigenvalue weighted by molar-refractivity contribution is -0.234. The Morgan fingerprint density at radius 1 is 0.941 bits per heavy atom. The van der Waals surface area contributed by atoms with Crippen molar-refractivity contribution in [2.24, 2.45) is 0 Å². The zero-order valence-corrected chi connectivity index (χ0v) is 23.3. The molecule has 0 aromatic rings. The highest BCUT2D eigenvalue weighted by molar-refractivity contribution is 7.99. The summed E-state index contributed by atoms with van der Waals surface area (Å²) in [5.41, 5.74) is -0.699. The smallest absolute Gasteiger partial charge is 0.303 e. The Kier molecular flexibility index (Phi) is 14.4. The summed E-state index contributed by atoms with van der Waals surface area (Å²) >= 11 is 5.53. The average molecular weight is 541 g/mol. The van der Waals surface area contributed by atoms with Gasteiger partial charge in [0, 0.05) is 27.7 Å². The number of amides is 1. The van der Waals surface area contributed by atoms with E-state index in [4.69, 9.17) is 18.9 Å². The van der Waals surface area contributed by atoms with Gasteiger partial charge in [-0.2, -0.15) is 12.6 Å². The minimum Gasteiger partial charge on any atom is -0.456 e. The van der Waals surface area contributed by atoms with Crippen LogP contribution in [0.3, 0.4) is 0 Å². The van der Waals surface area contributed by atoms with Gasteiger partial charge in [-0.15, -0.1) is 11.8 Å². The van der Waals surface area contributed by atoms with Crippen molar-refractivity contribution in [1.82, 2.24) is 5.32 Å². The highest BCUT2D eigenvalue weighted by Gasteiger charge is 2.54. The Hall–Kier alpha value is -1.11. The SMILES string of the molecule is CS[C@H]1O[C@H]([C@H](C[S+](C)CCCCCS)NC(C)=O)[C@H](OC(C)=O)[C@H](OC(C)=O)[C@H]1OC(C)=O. The molecule has 1 aliphatic heterocycles. The average Bonchev–Trinajstić information content (AvgIpc) is 2.72. The third-order valence-electron chi connectivity index (χ3n) is 5.07. The van der Waals surface area contributed by atoms with E-state index in [0.29, 0.717) is 5.75 Å². The first kappa shape index (κ1) is 30.9. The Morgan fingerprint density at radius 2 is 1.50 bits per heavy atom. The Morgan fingerprint density at radius 3 is 2.00 bits per heavy atom. The lowest BCUT2D eigenvalue weighted by Crippen LogP contribution is -2.66. The second-order valence-corrected chi connectivity index (χ2v) is 11.9. The molecular formula is C22H38NO8S3+. The van der Waals surface area contributed by atoms with E-state index in [9.17, 15) is 19.2 Å². The molecule has 0 bridgehead atoms. The normalized spacial score (nSPS) is 26.1. The van der Waals surface area contributed by atoms with Gasteiger partial charge in [-0.1, -0.05) is 0 Å². The van der Waals surface area contributed by atoms with Crippen LogP contribution < -0.4 is 5.32 Å². The zero-order chi connectivity index (χ0) is 25.8. The van der Waals surface area contributed by atoms with E-state index in [1.165, 1.54) is 39.5 Å². The van der Waals surface area contributed by atoms with Gasteiger partial charge < -0.3 is 24.3 Å². The standard InChI is InChI=1S/C22H37NO8S3/c1-13(24)23-17(12-34(6)11-9-7-8-10-32)18-19(28-14(2)25)20(29-15(3)26)21(30-16(4)27)22(31-18)33-5/h17-22H,7-12H2,1-6H3,(H-,23,24,32)/p+1/t17-,18+,19-,20-,21+,22+,34?/m0/s1. The third kappa shape index (κ3) is 10.7. The summed E-state index contributed by atoms with van der Waals surface area (Å²) in [7, 11) is -0.0624. The maximum Gasteiger partial charge on any atom is 0.303 e. The second-order valence-electron chi connectivity index (χ2n) is 8.17. The number of rotatable bonds is 13. The van der Waals surface area contributed by atoms with Gasteiger partial charge in [0.2, 0.25) is 5.91 Å². The number of unbranched alkanes of at least 4 members (excludes halogenated alkanes) is 2. The molecule has 0 radical (unpaired) electrons. The van der Waals surface area contributed by atoms with Gasteiger partial charge in [0.15, 0.2) is 18.3 Å². The monoisotopic (exact) mass is 540 g/mol. The number of esters is 3. The molecule has 0 saturated carbocycles. The van der Waals surface area contributed by atoms with E-state index in [1.54, 1.807) is 6.26 Å². The van der Waals surface area contributed by atoms with Crippen molar-refractivity contribution < 1.29 is 38.1 Å². The van der Waals surface area contributed by atoms with Crippen LogP contribution >= 0.6 is 24.4 Å². The summed E-state index contributed by atoms with van der Waals surface area (Å²) in [6, 6.07) is -0.508. The molecular weight excluding hydrogens is 502 g/mol. The Balaban J connectivity index is 3.30. The number of hydrogen-bond acceptors (Lipinski definition) is 10. The van der Waals surface area contributed by atoms with Crippen molar-refractivity contribution in [3.05, 3.63) is 0 Å². The largest absolute Gasteiger partial charge is 0.456 e. The number of thioether (sulfide) groups is 1. The molecule has 1 saturated heterocycles. The van der Waals surface area contributed by atoms with Crippen LogP contribution in [0.15, 0.2) is 0 Å². The van der Waals surface area contributed by atoms with Gasteiger partial charge in [0.25, 0.3) is 0 Å². The molecule has 9 nitrogen and oxygen atoms in total. The van der Waals surface area contributed by atoms with Crippen LogP contribution in [0, 0.1) is 0 Å². The molecule has 1 aliphatic rings. The summed E-state index contributed by atoms with van der Waals surface area (Å²) in [6.07, 6.45) is 3.10. The van der Waals surface area contributed by atoms with Gasteiger partial charge in [-0.05, 0) is 42.2 Å². The Bertz CT molecular complexity index is 695. The van der Waals surface area contributed by atoms with E-state index < -0.39 is 53.8 Å². The van der Waals surface area contributed by atoms with Crippen molar-refractivity contribution in [3.8, 4) is 0 Å². The fourth-order valence-corrected chi connectivity index (χ4v) is 6.52. The van der Waals surface area contributed by atoms with Gasteiger partial charge in [0.1, 0.15) is 29.1 Å². The van der Waals surface area contributed by atoms with Gasteiger partial charge >= 0.3 is 17.9 Å². The van der Waals surface area contributed by atoms with Gasteiger partial charge in [-0.25, -0.2) is 0 Å². The summed E-state index contributed by atoms with van der Waals surface area (Å²) in [5.74, 6) is 0.357. The number of carbonyl (C=O) groups is 4. The zero-order valence-electron chi connectivity index (χ0n) is 20.7. The molecule has 1 amide bonds. The minimum atomic E-state index is -1.09. The van der Waals surface area contributed by atoms with E-state index in [-0.39, 0.29) is 16.8 Å². The summed E-state index contributed by atoms with van der Waals surface area (Å²) in [5, 5.41) is 2.94. The first-order valence-corrected chi connectivity index (χ1v) is 15.1. The van der Waals surface area contributed by atoms with E-state index in [2.05, 4.69) is 24.2 Å². The molecule has 1 fully saturated rings. The molecule has 0 aromatic carbocycles. The van der Waals surface area contributed by atoms with Crippen molar-refractivity contribution >= 4 is 59.1 Å². The van der Waals surface area contributed by atoms with Crippen LogP contribution in [0.5, 0.6) is 0 Å². The molecule has 1 unspecified atom stereocenters. The van der Waals surface area contributed by atoms with Crippen molar-refractivity contribution in [1.29, 1.82) is 0 Å². The number of thiol groups is 1. The fourth-order valence-electron chi connectivity index (χ4n) is 3.82. The molecule has 7 atom stereocenters. The van der Waals surface area contributed by atoms with E-state index in [0.717, 1.165) is 30.8 Å². The van der Waals surface area contributed by atoms with Crippen LogP contribution in [0.4, 0.5) is 0 Å². The van der Waals surface area contributed by atoms with Crippen LogP contribution in [-0.2, 0) is 49.0 Å². The molecule has 34 heavy (non-hydrogen) atoms. The number of carbonyl (C=O) groups excluding carboxylic acids is 4. The fraction of sp³-hybridized carbons (Fsp3) is 0.818. The minimum absolute atomic E-state index is 0.0624. The highest BCUT2D eigenvalue weighted by atomic mass is 32.2. The summed E-state index contributed by atoms with van der Waals surface area (Å²) in [6.45, 7) is 5.12. The van der Waals surface area contributed by atoms with Crippen molar-refractivity contribution in [2.75, 3.05) is 29.8 Å². The molecule has 0 aromatic heterocycles. The molecule has 1 rings (SSSR count). The Labute approximate surface area is 214 Å². The second kappa shape index (κ2) is 15.8. The quantitative estimate of drug-likeness (QED) is 0.118. The lowest BCUT2D eigenvalue weighted by Gasteiger charge is -2.46. The number of nitrogens with one attached hydrogen (secondary N) is 1. The predicted octanol–water partition coefficient (Wildman–Crippen LogP) is 1.72. The maximum absolute atomic E-state index is 12.1. The highest BCUT2D eigenvalue weighted by Crippen LogP contribution is 2.34. The van der Waals surface area contributed by atoms with E-state index in [1.807, 2.05) is 0 Å². The summed E-state index contributed by atoms with van der Waals surface area (Å²) < 4.78 is 22.8. The van der Waals surface area contributed by atoms with Crippen LogP contribution in [0.1, 0.15) is 47.0 Å². The summed E-state index contributed by atoms with van der Waals surface area (Å²) in [4.78, 5) is 47.8. The number of ether oxygens (including phenoxy) is 4.